The van der Waals surface area contributed by atoms with Crippen molar-refractivity contribution < 1.29 is 9.32 Å². The third kappa shape index (κ3) is 4.24. The van der Waals surface area contributed by atoms with Crippen LogP contribution in [0.25, 0.3) is 11.4 Å². The first-order chi connectivity index (χ1) is 13.6. The molecule has 1 aromatic carbocycles. The zero-order chi connectivity index (χ0) is 19.5. The largest absolute Gasteiger partial charge is 0.370 e. The Bertz CT molecular complexity index is 961. The summed E-state index contributed by atoms with van der Waals surface area (Å²) in [5.74, 6) is 2.13. The van der Waals surface area contributed by atoms with Crippen molar-refractivity contribution in [3.8, 4) is 11.4 Å². The third-order valence-electron chi connectivity index (χ3n) is 4.66. The molecule has 9 heteroatoms. The fourth-order valence-electron chi connectivity index (χ4n) is 2.96. The number of carbonyl (C=O) groups is 1. The Morgan fingerprint density at radius 2 is 2.07 bits per heavy atom. The Hall–Kier alpha value is -2.68. The van der Waals surface area contributed by atoms with Gasteiger partial charge in [-0.15, -0.1) is 10.2 Å². The first kappa shape index (κ1) is 18.7. The van der Waals surface area contributed by atoms with Gasteiger partial charge in [0.2, 0.25) is 17.6 Å². The van der Waals surface area contributed by atoms with E-state index in [0.717, 1.165) is 35.8 Å². The lowest BCUT2D eigenvalue weighted by Crippen LogP contribution is -2.13. The summed E-state index contributed by atoms with van der Waals surface area (Å²) in [6.45, 7) is 2.12. The summed E-state index contributed by atoms with van der Waals surface area (Å²) < 4.78 is 7.52. The van der Waals surface area contributed by atoms with Gasteiger partial charge in [-0.05, 0) is 24.8 Å². The number of benzene rings is 1. The summed E-state index contributed by atoms with van der Waals surface area (Å²) in [6, 6.07) is 8.58. The summed E-state index contributed by atoms with van der Waals surface area (Å²) in [6.07, 6.45) is 4.00. The minimum absolute atomic E-state index is 0.277. The molecule has 0 atom stereocenters. The number of nitrogens with two attached hydrogens (primary N) is 1. The maximum absolute atomic E-state index is 11.1. The van der Waals surface area contributed by atoms with Crippen molar-refractivity contribution in [2.45, 2.75) is 56.0 Å². The summed E-state index contributed by atoms with van der Waals surface area (Å²) in [5.41, 5.74) is 7.47. The van der Waals surface area contributed by atoms with Crippen molar-refractivity contribution in [2.24, 2.45) is 5.73 Å². The predicted molar refractivity (Wildman–Crippen MR) is 104 cm³/mol. The van der Waals surface area contributed by atoms with E-state index in [1.165, 1.54) is 17.3 Å². The second-order valence-electron chi connectivity index (χ2n) is 6.82. The van der Waals surface area contributed by atoms with Crippen LogP contribution in [-0.4, -0.2) is 30.8 Å². The molecule has 8 nitrogen and oxygen atoms in total. The minimum atomic E-state index is -0.329. The van der Waals surface area contributed by atoms with Crippen LogP contribution in [0.5, 0.6) is 0 Å². The van der Waals surface area contributed by atoms with Crippen LogP contribution in [0.2, 0.25) is 0 Å². The van der Waals surface area contributed by atoms with Gasteiger partial charge in [-0.3, -0.25) is 4.79 Å². The second-order valence-corrected chi connectivity index (χ2v) is 7.76. The van der Waals surface area contributed by atoms with Gasteiger partial charge in [-0.2, -0.15) is 4.98 Å². The molecular weight excluding hydrogens is 376 g/mol. The molecule has 2 heterocycles. The smallest absolute Gasteiger partial charge is 0.237 e. The Kier molecular flexibility index (Phi) is 5.43. The number of rotatable bonds is 9. The highest BCUT2D eigenvalue weighted by Gasteiger charge is 2.29. The number of primary amides is 1. The molecule has 1 saturated carbocycles. The van der Waals surface area contributed by atoms with Crippen molar-refractivity contribution in [2.75, 3.05) is 0 Å². The van der Waals surface area contributed by atoms with E-state index in [1.54, 1.807) is 0 Å². The summed E-state index contributed by atoms with van der Waals surface area (Å²) >= 11 is 1.52. The maximum atomic E-state index is 11.1. The van der Waals surface area contributed by atoms with Gasteiger partial charge < -0.3 is 14.8 Å². The lowest BCUT2D eigenvalue weighted by atomic mass is 10.1. The van der Waals surface area contributed by atoms with Crippen molar-refractivity contribution in [3.05, 3.63) is 41.5 Å². The van der Waals surface area contributed by atoms with E-state index >= 15 is 0 Å². The standard InChI is InChI=1S/C19H22N6O2S/c1-2-12-3-5-13(6-4-12)18-21-17(27-24-18)11-28-19-23-22-16(10-9-15(20)26)25(19)14-7-8-14/h3-6,14H,2,7-11H2,1H3,(H2,20,26). The molecule has 146 valence electrons. The summed E-state index contributed by atoms with van der Waals surface area (Å²) in [5, 5.41) is 13.4. The maximum Gasteiger partial charge on any atom is 0.237 e. The molecule has 3 aromatic rings. The SMILES string of the molecule is CCc1ccc(-c2noc(CSc3nnc(CCC(N)=O)n3C3CC3)n2)cc1. The lowest BCUT2D eigenvalue weighted by molar-refractivity contribution is -0.118. The lowest BCUT2D eigenvalue weighted by Gasteiger charge is -2.07. The second kappa shape index (κ2) is 8.14. The molecule has 0 bridgehead atoms. The number of carbonyl (C=O) groups excluding carboxylic acids is 1. The fourth-order valence-corrected chi connectivity index (χ4v) is 3.82. The van der Waals surface area contributed by atoms with Gasteiger partial charge in [0.25, 0.3) is 0 Å². The van der Waals surface area contributed by atoms with E-state index in [1.807, 2.05) is 12.1 Å². The number of aryl methyl sites for hydroxylation is 2. The molecule has 1 fully saturated rings. The Morgan fingerprint density at radius 1 is 1.29 bits per heavy atom. The van der Waals surface area contributed by atoms with E-state index in [-0.39, 0.29) is 12.3 Å². The van der Waals surface area contributed by atoms with Crippen LogP contribution in [0.3, 0.4) is 0 Å². The van der Waals surface area contributed by atoms with Crippen LogP contribution in [0.1, 0.15) is 49.5 Å². The minimum Gasteiger partial charge on any atom is -0.370 e. The quantitative estimate of drug-likeness (QED) is 0.551. The number of nitrogens with zero attached hydrogens (tertiary/aromatic N) is 5. The number of aromatic nitrogens is 5. The molecule has 0 spiro atoms. The van der Waals surface area contributed by atoms with Crippen LogP contribution in [0, 0.1) is 0 Å². The number of hydrogen-bond donors (Lipinski definition) is 1. The third-order valence-corrected chi connectivity index (χ3v) is 5.58. The average molecular weight is 398 g/mol. The number of thioether (sulfide) groups is 1. The topological polar surface area (TPSA) is 113 Å². The van der Waals surface area contributed by atoms with E-state index in [9.17, 15) is 4.79 Å². The molecule has 1 amide bonds. The van der Waals surface area contributed by atoms with Crippen LogP contribution >= 0.6 is 11.8 Å². The van der Waals surface area contributed by atoms with E-state index in [4.69, 9.17) is 10.3 Å². The van der Waals surface area contributed by atoms with E-state index < -0.39 is 0 Å². The van der Waals surface area contributed by atoms with Gasteiger partial charge in [-0.1, -0.05) is 48.1 Å². The molecule has 0 radical (unpaired) electrons. The van der Waals surface area contributed by atoms with E-state index in [2.05, 4.69) is 44.0 Å². The van der Waals surface area contributed by atoms with Gasteiger partial charge in [0.05, 0.1) is 5.75 Å². The van der Waals surface area contributed by atoms with Gasteiger partial charge in [-0.25, -0.2) is 0 Å². The molecule has 2 N–H and O–H groups in total. The molecule has 4 rings (SSSR count). The van der Waals surface area contributed by atoms with Crippen LogP contribution in [0.15, 0.2) is 33.9 Å². The molecule has 1 aliphatic rings. The average Bonchev–Trinajstić information content (AvgIpc) is 3.28. The van der Waals surface area contributed by atoms with Crippen molar-refractivity contribution >= 4 is 17.7 Å². The van der Waals surface area contributed by atoms with Crippen molar-refractivity contribution in [3.63, 3.8) is 0 Å². The van der Waals surface area contributed by atoms with E-state index in [0.29, 0.717) is 29.9 Å². The highest BCUT2D eigenvalue weighted by Crippen LogP contribution is 2.39. The highest BCUT2D eigenvalue weighted by molar-refractivity contribution is 7.98. The van der Waals surface area contributed by atoms with Crippen LogP contribution in [-0.2, 0) is 23.4 Å². The summed E-state index contributed by atoms with van der Waals surface area (Å²) in [7, 11) is 0. The first-order valence-electron chi connectivity index (χ1n) is 9.40. The monoisotopic (exact) mass is 398 g/mol. The van der Waals surface area contributed by atoms with Crippen LogP contribution in [0.4, 0.5) is 0 Å². The molecule has 0 unspecified atom stereocenters. The van der Waals surface area contributed by atoms with Gasteiger partial charge >= 0.3 is 0 Å². The molecule has 1 aliphatic carbocycles. The molecule has 0 saturated heterocycles. The first-order valence-corrected chi connectivity index (χ1v) is 10.4. The zero-order valence-electron chi connectivity index (χ0n) is 15.7. The Balaban J connectivity index is 1.43. The molecule has 0 aliphatic heterocycles. The van der Waals surface area contributed by atoms with Gasteiger partial charge in [0, 0.05) is 24.4 Å². The van der Waals surface area contributed by atoms with Crippen molar-refractivity contribution in [1.82, 2.24) is 24.9 Å². The van der Waals surface area contributed by atoms with Crippen LogP contribution < -0.4 is 5.73 Å². The van der Waals surface area contributed by atoms with Gasteiger partial charge in [0.1, 0.15) is 5.82 Å². The fraction of sp³-hybridized carbons (Fsp3) is 0.421. The summed E-state index contributed by atoms with van der Waals surface area (Å²) in [4.78, 5) is 15.6. The van der Waals surface area contributed by atoms with Gasteiger partial charge in [0.15, 0.2) is 5.16 Å². The predicted octanol–water partition coefficient (Wildman–Crippen LogP) is 2.94. The number of hydrogen-bond acceptors (Lipinski definition) is 7. The molecular formula is C19H22N6O2S. The Labute approximate surface area is 166 Å². The normalized spacial score (nSPS) is 13.8. The molecule has 2 aromatic heterocycles. The number of amides is 1. The highest BCUT2D eigenvalue weighted by atomic mass is 32.2. The van der Waals surface area contributed by atoms with Crippen molar-refractivity contribution in [1.29, 1.82) is 0 Å². The molecule has 28 heavy (non-hydrogen) atoms. The zero-order valence-corrected chi connectivity index (χ0v) is 16.5. The Morgan fingerprint density at radius 3 is 2.75 bits per heavy atom.